The molecule has 0 saturated heterocycles. The fraction of sp³-hybridized carbons (Fsp3) is 0.107. The fourth-order valence-corrected chi connectivity index (χ4v) is 4.20. The Hall–Kier alpha value is -4.45. The predicted molar refractivity (Wildman–Crippen MR) is 134 cm³/mol. The van der Waals surface area contributed by atoms with E-state index in [-0.39, 0.29) is 11.5 Å². The number of hydrogen-bond donors (Lipinski definition) is 0. The highest BCUT2D eigenvalue weighted by molar-refractivity contribution is 6.06. The molecule has 6 heteroatoms. The summed E-state index contributed by atoms with van der Waals surface area (Å²) in [5.74, 6) is -0.208. The van der Waals surface area contributed by atoms with Gasteiger partial charge in [-0.1, -0.05) is 66.7 Å². The highest BCUT2D eigenvalue weighted by Gasteiger charge is 2.20. The van der Waals surface area contributed by atoms with E-state index in [1.807, 2.05) is 95.8 Å². The van der Waals surface area contributed by atoms with Gasteiger partial charge in [-0.3, -0.25) is 9.59 Å². The third-order valence-corrected chi connectivity index (χ3v) is 6.00. The van der Waals surface area contributed by atoms with E-state index in [2.05, 4.69) is 0 Å². The van der Waals surface area contributed by atoms with Crippen LogP contribution in [0.15, 0.2) is 102 Å². The number of benzene rings is 3. The molecule has 0 radical (unpaired) electrons. The van der Waals surface area contributed by atoms with Crippen molar-refractivity contribution < 1.29 is 4.79 Å². The molecule has 5 rings (SSSR count). The van der Waals surface area contributed by atoms with Crippen LogP contribution in [0.2, 0.25) is 0 Å². The lowest BCUT2D eigenvalue weighted by Gasteiger charge is -2.19. The SMILES string of the molecule is CN(Cc1cn(-c2ccccc2)nc1-c1ccccc1)C(=O)c1cc(=O)n(C)c2ccccc12. The number of rotatable bonds is 5. The quantitative estimate of drug-likeness (QED) is 0.393. The molecular formula is C28H24N4O2. The highest BCUT2D eigenvalue weighted by Crippen LogP contribution is 2.26. The second-order valence-corrected chi connectivity index (χ2v) is 8.28. The van der Waals surface area contributed by atoms with Crippen molar-refractivity contribution in [2.45, 2.75) is 6.54 Å². The third kappa shape index (κ3) is 3.90. The van der Waals surface area contributed by atoms with Gasteiger partial charge in [0.05, 0.1) is 22.5 Å². The number of fused-ring (bicyclic) bond motifs is 1. The van der Waals surface area contributed by atoms with Crippen LogP contribution >= 0.6 is 0 Å². The second kappa shape index (κ2) is 8.83. The summed E-state index contributed by atoms with van der Waals surface area (Å²) in [6.45, 7) is 0.347. The minimum Gasteiger partial charge on any atom is -0.337 e. The predicted octanol–water partition coefficient (Wildman–Crippen LogP) is 4.66. The first-order valence-electron chi connectivity index (χ1n) is 11.1. The second-order valence-electron chi connectivity index (χ2n) is 8.28. The maximum absolute atomic E-state index is 13.5. The minimum absolute atomic E-state index is 0.208. The van der Waals surface area contributed by atoms with Crippen LogP contribution in [0.1, 0.15) is 15.9 Å². The first-order valence-corrected chi connectivity index (χ1v) is 11.1. The van der Waals surface area contributed by atoms with Gasteiger partial charge in [0, 0.05) is 49.4 Å². The summed E-state index contributed by atoms with van der Waals surface area (Å²) >= 11 is 0. The van der Waals surface area contributed by atoms with Gasteiger partial charge in [-0.15, -0.1) is 0 Å². The van der Waals surface area contributed by atoms with Crippen LogP contribution < -0.4 is 5.56 Å². The van der Waals surface area contributed by atoms with E-state index in [4.69, 9.17) is 5.10 Å². The molecule has 0 aliphatic rings. The minimum atomic E-state index is -0.211. The fourth-order valence-electron chi connectivity index (χ4n) is 4.20. The molecule has 0 atom stereocenters. The molecule has 0 unspecified atom stereocenters. The van der Waals surface area contributed by atoms with Gasteiger partial charge in [0.15, 0.2) is 0 Å². The van der Waals surface area contributed by atoms with Crippen molar-refractivity contribution in [1.29, 1.82) is 0 Å². The van der Waals surface area contributed by atoms with Crippen LogP contribution in [0.3, 0.4) is 0 Å². The van der Waals surface area contributed by atoms with E-state index in [1.165, 1.54) is 6.07 Å². The molecule has 34 heavy (non-hydrogen) atoms. The van der Waals surface area contributed by atoms with Gasteiger partial charge in [-0.2, -0.15) is 5.10 Å². The number of carbonyl (C=O) groups excluding carboxylic acids is 1. The molecule has 3 aromatic carbocycles. The molecule has 0 N–H and O–H groups in total. The number of para-hydroxylation sites is 2. The molecule has 0 aliphatic heterocycles. The Kier molecular flexibility index (Phi) is 5.55. The molecule has 0 fully saturated rings. The molecule has 1 amide bonds. The Labute approximate surface area is 197 Å². The van der Waals surface area contributed by atoms with Crippen molar-refractivity contribution in [1.82, 2.24) is 19.2 Å². The molecule has 0 aliphatic carbocycles. The lowest BCUT2D eigenvalue weighted by atomic mass is 10.1. The zero-order valence-corrected chi connectivity index (χ0v) is 19.1. The summed E-state index contributed by atoms with van der Waals surface area (Å²) in [4.78, 5) is 27.7. The zero-order valence-electron chi connectivity index (χ0n) is 19.1. The number of carbonyl (C=O) groups is 1. The lowest BCUT2D eigenvalue weighted by molar-refractivity contribution is 0.0787. The maximum atomic E-state index is 13.5. The molecular weight excluding hydrogens is 424 g/mol. The standard InChI is InChI=1S/C28H24N4O2/c1-30(28(34)24-17-26(33)31(2)25-16-10-9-15-23(24)25)18-21-19-32(22-13-7-4-8-14-22)29-27(21)20-11-5-3-6-12-20/h3-17,19H,18H2,1-2H3. The van der Waals surface area contributed by atoms with E-state index in [9.17, 15) is 9.59 Å². The van der Waals surface area contributed by atoms with Crippen LogP contribution in [-0.4, -0.2) is 32.2 Å². The average molecular weight is 449 g/mol. The summed E-state index contributed by atoms with van der Waals surface area (Å²) in [6.07, 6.45) is 1.96. The summed E-state index contributed by atoms with van der Waals surface area (Å²) in [7, 11) is 3.47. The molecule has 0 bridgehead atoms. The number of amides is 1. The Morgan fingerprint density at radius 2 is 1.56 bits per heavy atom. The number of nitrogens with zero attached hydrogens (tertiary/aromatic N) is 4. The number of aryl methyl sites for hydroxylation is 1. The highest BCUT2D eigenvalue weighted by atomic mass is 16.2. The van der Waals surface area contributed by atoms with E-state index >= 15 is 0 Å². The summed E-state index contributed by atoms with van der Waals surface area (Å²) in [5, 5.41) is 5.59. The summed E-state index contributed by atoms with van der Waals surface area (Å²) in [6, 6.07) is 28.7. The number of pyridine rings is 1. The van der Waals surface area contributed by atoms with Crippen molar-refractivity contribution in [2.75, 3.05) is 7.05 Å². The van der Waals surface area contributed by atoms with Crippen molar-refractivity contribution in [3.63, 3.8) is 0 Å². The topological polar surface area (TPSA) is 60.1 Å². The largest absolute Gasteiger partial charge is 0.337 e. The van der Waals surface area contributed by atoms with Crippen molar-refractivity contribution in [2.24, 2.45) is 7.05 Å². The molecule has 6 nitrogen and oxygen atoms in total. The van der Waals surface area contributed by atoms with Gasteiger partial charge >= 0.3 is 0 Å². The van der Waals surface area contributed by atoms with Crippen LogP contribution in [0.5, 0.6) is 0 Å². The average Bonchev–Trinajstić information content (AvgIpc) is 3.30. The van der Waals surface area contributed by atoms with Crippen molar-refractivity contribution in [3.05, 3.63) is 119 Å². The maximum Gasteiger partial charge on any atom is 0.254 e. The Balaban J connectivity index is 1.54. The Morgan fingerprint density at radius 1 is 0.912 bits per heavy atom. The zero-order chi connectivity index (χ0) is 23.7. The monoisotopic (exact) mass is 448 g/mol. The van der Waals surface area contributed by atoms with Crippen molar-refractivity contribution in [3.8, 4) is 16.9 Å². The number of aromatic nitrogens is 3. The molecule has 168 valence electrons. The molecule has 2 aromatic heterocycles. The molecule has 0 saturated carbocycles. The van der Waals surface area contributed by atoms with Crippen molar-refractivity contribution >= 4 is 16.8 Å². The molecule has 0 spiro atoms. The normalized spacial score (nSPS) is 11.0. The molecule has 2 heterocycles. The summed E-state index contributed by atoms with van der Waals surface area (Å²) < 4.78 is 3.40. The Bertz CT molecular complexity index is 1540. The first kappa shape index (κ1) is 21.4. The third-order valence-electron chi connectivity index (χ3n) is 6.00. The van der Waals surface area contributed by atoms with Crippen LogP contribution in [0, 0.1) is 0 Å². The van der Waals surface area contributed by atoms with E-state index in [0.29, 0.717) is 12.1 Å². The first-order chi connectivity index (χ1) is 16.5. The van der Waals surface area contributed by atoms with Gasteiger partial charge in [0.25, 0.3) is 11.5 Å². The van der Waals surface area contributed by atoms with Crippen LogP contribution in [-0.2, 0) is 13.6 Å². The van der Waals surface area contributed by atoms with Gasteiger partial charge in [0.2, 0.25) is 0 Å². The Morgan fingerprint density at radius 3 is 2.29 bits per heavy atom. The van der Waals surface area contributed by atoms with Crippen LogP contribution in [0.25, 0.3) is 27.8 Å². The smallest absolute Gasteiger partial charge is 0.254 e. The van der Waals surface area contributed by atoms with Crippen LogP contribution in [0.4, 0.5) is 0 Å². The van der Waals surface area contributed by atoms with E-state index in [0.717, 1.165) is 33.4 Å². The molecule has 5 aromatic rings. The summed E-state index contributed by atoms with van der Waals surface area (Å²) in [5.41, 5.74) is 4.57. The van der Waals surface area contributed by atoms with Gasteiger partial charge in [-0.25, -0.2) is 4.68 Å². The lowest BCUT2D eigenvalue weighted by Crippen LogP contribution is -2.29. The van der Waals surface area contributed by atoms with Gasteiger partial charge in [0.1, 0.15) is 0 Å². The van der Waals surface area contributed by atoms with Gasteiger partial charge in [-0.05, 0) is 18.2 Å². The van der Waals surface area contributed by atoms with E-state index in [1.54, 1.807) is 23.6 Å². The van der Waals surface area contributed by atoms with E-state index < -0.39 is 0 Å². The number of hydrogen-bond acceptors (Lipinski definition) is 3. The van der Waals surface area contributed by atoms with Gasteiger partial charge < -0.3 is 9.47 Å².